The number of nitrogens with zero attached hydrogens (tertiary/aromatic N) is 2. The Morgan fingerprint density at radius 2 is 2.24 bits per heavy atom. The number of amides is 2. The van der Waals surface area contributed by atoms with E-state index in [9.17, 15) is 14.9 Å². The van der Waals surface area contributed by atoms with Crippen molar-refractivity contribution in [2.24, 2.45) is 0 Å². The highest BCUT2D eigenvalue weighted by Crippen LogP contribution is 2.38. The Morgan fingerprint density at radius 1 is 1.48 bits per heavy atom. The van der Waals surface area contributed by atoms with Crippen LogP contribution in [-0.4, -0.2) is 35.1 Å². The first-order valence-electron chi connectivity index (χ1n) is 6.82. The minimum absolute atomic E-state index is 0.0575. The van der Waals surface area contributed by atoms with Gasteiger partial charge in [-0.25, -0.2) is 0 Å². The molecule has 6 heteroatoms. The third-order valence-corrected chi connectivity index (χ3v) is 5.27. The second-order valence-corrected chi connectivity index (χ2v) is 6.43. The Kier molecular flexibility index (Phi) is 3.38. The van der Waals surface area contributed by atoms with Gasteiger partial charge < -0.3 is 10.2 Å². The number of nitriles is 1. The summed E-state index contributed by atoms with van der Waals surface area (Å²) in [5.74, 6) is 0.166. The van der Waals surface area contributed by atoms with Gasteiger partial charge in [0.15, 0.2) is 0 Å². The van der Waals surface area contributed by atoms with Gasteiger partial charge in [0.1, 0.15) is 5.54 Å². The van der Waals surface area contributed by atoms with Gasteiger partial charge in [0.2, 0.25) is 5.91 Å². The summed E-state index contributed by atoms with van der Waals surface area (Å²) >= 11 is 1.46. The number of rotatable bonds is 2. The Bertz CT molecular complexity index is 661. The maximum atomic E-state index is 12.6. The lowest BCUT2D eigenvalue weighted by molar-refractivity contribution is -0.113. The Hall–Kier alpha value is -2.00. The van der Waals surface area contributed by atoms with E-state index in [2.05, 4.69) is 11.4 Å². The highest BCUT2D eigenvalue weighted by molar-refractivity contribution is 8.00. The van der Waals surface area contributed by atoms with Gasteiger partial charge in [-0.05, 0) is 37.5 Å². The summed E-state index contributed by atoms with van der Waals surface area (Å²) in [6, 6.07) is 7.57. The van der Waals surface area contributed by atoms with Gasteiger partial charge in [0.25, 0.3) is 5.91 Å². The minimum atomic E-state index is -0.662. The Morgan fingerprint density at radius 3 is 2.86 bits per heavy atom. The summed E-state index contributed by atoms with van der Waals surface area (Å²) in [7, 11) is 1.68. The first-order chi connectivity index (χ1) is 10.1. The van der Waals surface area contributed by atoms with Crippen molar-refractivity contribution in [2.45, 2.75) is 29.7 Å². The molecule has 0 radical (unpaired) electrons. The summed E-state index contributed by atoms with van der Waals surface area (Å²) in [6.07, 6.45) is 2.43. The van der Waals surface area contributed by atoms with Crippen molar-refractivity contribution in [2.75, 3.05) is 18.1 Å². The number of carbonyl (C=O) groups excluding carboxylic acids is 2. The lowest BCUT2D eigenvalue weighted by Crippen LogP contribution is -2.53. The lowest BCUT2D eigenvalue weighted by atomic mass is 9.76. The summed E-state index contributed by atoms with van der Waals surface area (Å²) in [5.41, 5.74) is 0.515. The number of benzene rings is 1. The molecule has 1 fully saturated rings. The number of hydrogen-bond acceptors (Lipinski definition) is 4. The number of fused-ring (bicyclic) bond motifs is 1. The standard InChI is InChI=1S/C15H15N3O2S/c1-18(15(9-16)5-2-6-15)14(20)10-3-4-12-11(7-10)17-13(19)8-21-12/h3-4,7H,2,5-6,8H2,1H3,(H,17,19). The fraction of sp³-hybridized carbons (Fsp3) is 0.400. The van der Waals surface area contributed by atoms with Crippen LogP contribution in [0.4, 0.5) is 5.69 Å². The van der Waals surface area contributed by atoms with E-state index in [0.717, 1.165) is 24.2 Å². The normalized spacial score (nSPS) is 18.8. The number of anilines is 1. The van der Waals surface area contributed by atoms with Crippen molar-refractivity contribution < 1.29 is 9.59 Å². The quantitative estimate of drug-likeness (QED) is 0.909. The van der Waals surface area contributed by atoms with Crippen molar-refractivity contribution >= 4 is 29.3 Å². The molecule has 1 aliphatic carbocycles. The average molecular weight is 301 g/mol. The molecule has 21 heavy (non-hydrogen) atoms. The highest BCUT2D eigenvalue weighted by atomic mass is 32.2. The molecule has 5 nitrogen and oxygen atoms in total. The van der Waals surface area contributed by atoms with E-state index in [4.69, 9.17) is 0 Å². The van der Waals surface area contributed by atoms with E-state index in [1.54, 1.807) is 19.2 Å². The number of nitrogens with one attached hydrogen (secondary N) is 1. The van der Waals surface area contributed by atoms with Gasteiger partial charge in [0, 0.05) is 17.5 Å². The molecule has 0 saturated heterocycles. The van der Waals surface area contributed by atoms with Crippen LogP contribution in [0.1, 0.15) is 29.6 Å². The van der Waals surface area contributed by atoms with Crippen LogP contribution in [0.5, 0.6) is 0 Å². The van der Waals surface area contributed by atoms with Crippen LogP contribution in [0.15, 0.2) is 23.1 Å². The molecule has 0 aromatic heterocycles. The van der Waals surface area contributed by atoms with E-state index in [1.807, 2.05) is 6.07 Å². The summed E-state index contributed by atoms with van der Waals surface area (Å²) in [5, 5.41) is 12.1. The maximum absolute atomic E-state index is 12.6. The highest BCUT2D eigenvalue weighted by Gasteiger charge is 2.43. The van der Waals surface area contributed by atoms with Gasteiger partial charge >= 0.3 is 0 Å². The topological polar surface area (TPSA) is 73.2 Å². The molecule has 3 rings (SSSR count). The van der Waals surface area contributed by atoms with Crippen LogP contribution in [0, 0.1) is 11.3 Å². The fourth-order valence-electron chi connectivity index (χ4n) is 2.64. The molecular weight excluding hydrogens is 286 g/mol. The molecule has 1 saturated carbocycles. The van der Waals surface area contributed by atoms with E-state index < -0.39 is 5.54 Å². The van der Waals surface area contributed by atoms with Crippen LogP contribution >= 0.6 is 11.8 Å². The molecule has 1 N–H and O–H groups in total. The van der Waals surface area contributed by atoms with E-state index >= 15 is 0 Å². The van der Waals surface area contributed by atoms with E-state index in [0.29, 0.717) is 17.0 Å². The average Bonchev–Trinajstić information content (AvgIpc) is 2.45. The van der Waals surface area contributed by atoms with Crippen LogP contribution in [-0.2, 0) is 4.79 Å². The molecule has 0 bridgehead atoms. The summed E-state index contributed by atoms with van der Waals surface area (Å²) in [6.45, 7) is 0. The second-order valence-electron chi connectivity index (χ2n) is 5.41. The molecule has 0 spiro atoms. The second kappa shape index (κ2) is 5.08. The molecule has 1 heterocycles. The number of carbonyl (C=O) groups is 2. The van der Waals surface area contributed by atoms with Crippen LogP contribution in [0.25, 0.3) is 0 Å². The predicted molar refractivity (Wildman–Crippen MR) is 80.1 cm³/mol. The lowest BCUT2D eigenvalue weighted by Gasteiger charge is -2.43. The van der Waals surface area contributed by atoms with Gasteiger partial charge in [-0.3, -0.25) is 9.59 Å². The predicted octanol–water partition coefficient (Wildman–Crippen LogP) is 2.25. The third-order valence-electron chi connectivity index (χ3n) is 4.19. The first kappa shape index (κ1) is 14.0. The van der Waals surface area contributed by atoms with Crippen molar-refractivity contribution in [1.82, 2.24) is 4.90 Å². The summed E-state index contributed by atoms with van der Waals surface area (Å²) in [4.78, 5) is 26.5. The zero-order valence-corrected chi connectivity index (χ0v) is 12.5. The molecule has 1 aromatic carbocycles. The van der Waals surface area contributed by atoms with Crippen LogP contribution in [0.2, 0.25) is 0 Å². The van der Waals surface area contributed by atoms with Crippen molar-refractivity contribution in [3.05, 3.63) is 23.8 Å². The molecular formula is C15H15N3O2S. The van der Waals surface area contributed by atoms with Crippen LogP contribution < -0.4 is 5.32 Å². The smallest absolute Gasteiger partial charge is 0.254 e. The number of thioether (sulfide) groups is 1. The van der Waals surface area contributed by atoms with Gasteiger partial charge in [-0.2, -0.15) is 5.26 Å². The minimum Gasteiger partial charge on any atom is -0.324 e. The van der Waals surface area contributed by atoms with Crippen LogP contribution in [0.3, 0.4) is 0 Å². The Balaban J connectivity index is 1.87. The van der Waals surface area contributed by atoms with Gasteiger partial charge in [0.05, 0.1) is 17.5 Å². The zero-order chi connectivity index (χ0) is 15.0. The molecule has 2 amide bonds. The molecule has 1 aromatic rings. The molecule has 1 aliphatic heterocycles. The number of hydrogen-bond donors (Lipinski definition) is 1. The molecule has 0 atom stereocenters. The van der Waals surface area contributed by atoms with E-state index in [1.165, 1.54) is 16.7 Å². The van der Waals surface area contributed by atoms with Crippen molar-refractivity contribution in [1.29, 1.82) is 5.26 Å². The first-order valence-corrected chi connectivity index (χ1v) is 7.80. The third kappa shape index (κ3) is 2.28. The zero-order valence-electron chi connectivity index (χ0n) is 11.7. The van der Waals surface area contributed by atoms with Crippen molar-refractivity contribution in [3.8, 4) is 6.07 Å². The monoisotopic (exact) mass is 301 g/mol. The molecule has 0 unspecified atom stereocenters. The largest absolute Gasteiger partial charge is 0.324 e. The van der Waals surface area contributed by atoms with Crippen molar-refractivity contribution in [3.63, 3.8) is 0 Å². The fourth-order valence-corrected chi connectivity index (χ4v) is 3.43. The van der Waals surface area contributed by atoms with E-state index in [-0.39, 0.29) is 11.8 Å². The molecule has 2 aliphatic rings. The SMILES string of the molecule is CN(C(=O)c1ccc2c(c1)NC(=O)CS2)C1(C#N)CCC1. The van der Waals surface area contributed by atoms with Gasteiger partial charge in [-0.1, -0.05) is 0 Å². The van der Waals surface area contributed by atoms with Gasteiger partial charge in [-0.15, -0.1) is 11.8 Å². The molecule has 108 valence electrons. The Labute approximate surface area is 127 Å². The maximum Gasteiger partial charge on any atom is 0.254 e. The summed E-state index contributed by atoms with van der Waals surface area (Å²) < 4.78 is 0.